The van der Waals surface area contributed by atoms with Crippen molar-refractivity contribution in [2.45, 2.75) is 13.3 Å². The van der Waals surface area contributed by atoms with Gasteiger partial charge in [0.2, 0.25) is 5.91 Å². The topological polar surface area (TPSA) is 58.4 Å². The Labute approximate surface area is 109 Å². The van der Waals surface area contributed by atoms with Crippen LogP contribution in [0.4, 0.5) is 5.69 Å². The van der Waals surface area contributed by atoms with Crippen LogP contribution in [0.2, 0.25) is 0 Å². The van der Waals surface area contributed by atoms with Crippen molar-refractivity contribution in [3.05, 3.63) is 29.8 Å². The molecule has 3 N–H and O–H groups in total. The van der Waals surface area contributed by atoms with E-state index in [4.69, 9.17) is 5.73 Å². The van der Waals surface area contributed by atoms with Gasteiger partial charge in [0.1, 0.15) is 0 Å². The molecule has 100 valence electrons. The van der Waals surface area contributed by atoms with Crippen LogP contribution >= 0.6 is 0 Å². The Hall–Kier alpha value is -1.55. The van der Waals surface area contributed by atoms with E-state index in [2.05, 4.69) is 29.6 Å². The van der Waals surface area contributed by atoms with E-state index in [1.165, 1.54) is 0 Å². The van der Waals surface area contributed by atoms with Crippen molar-refractivity contribution >= 4 is 11.6 Å². The molecular weight excluding hydrogens is 226 g/mol. The molecule has 1 rings (SSSR count). The molecule has 0 radical (unpaired) electrons. The van der Waals surface area contributed by atoms with Crippen molar-refractivity contribution in [1.29, 1.82) is 0 Å². The summed E-state index contributed by atoms with van der Waals surface area (Å²) in [5, 5.41) is 2.82. The molecule has 0 heterocycles. The predicted molar refractivity (Wildman–Crippen MR) is 75.7 cm³/mol. The summed E-state index contributed by atoms with van der Waals surface area (Å²) in [5.74, 6) is -0.105. The van der Waals surface area contributed by atoms with E-state index in [1.807, 2.05) is 25.9 Å². The zero-order valence-corrected chi connectivity index (χ0v) is 11.4. The SMILES string of the molecule is CCNC(=O)C(CN)Cc1ccc(N(C)C)cc1. The standard InChI is InChI=1S/C14H23N3O/c1-4-16-14(18)12(10-15)9-11-5-7-13(8-6-11)17(2)3/h5-8,12H,4,9-10,15H2,1-3H3,(H,16,18). The highest BCUT2D eigenvalue weighted by Gasteiger charge is 2.16. The van der Waals surface area contributed by atoms with Gasteiger partial charge in [0.05, 0.1) is 5.92 Å². The summed E-state index contributed by atoms with van der Waals surface area (Å²) in [6, 6.07) is 8.22. The molecule has 1 amide bonds. The zero-order chi connectivity index (χ0) is 13.5. The largest absolute Gasteiger partial charge is 0.378 e. The zero-order valence-electron chi connectivity index (χ0n) is 11.4. The number of rotatable bonds is 6. The number of hydrogen-bond donors (Lipinski definition) is 2. The Bertz CT molecular complexity index is 373. The smallest absolute Gasteiger partial charge is 0.224 e. The number of hydrogen-bond acceptors (Lipinski definition) is 3. The third-order valence-electron chi connectivity index (χ3n) is 2.94. The summed E-state index contributed by atoms with van der Waals surface area (Å²) in [5.41, 5.74) is 7.96. The minimum atomic E-state index is -0.143. The highest BCUT2D eigenvalue weighted by atomic mass is 16.1. The van der Waals surface area contributed by atoms with Gasteiger partial charge in [0.25, 0.3) is 0 Å². The van der Waals surface area contributed by atoms with Crippen LogP contribution < -0.4 is 16.0 Å². The Balaban J connectivity index is 2.67. The lowest BCUT2D eigenvalue weighted by molar-refractivity contribution is -0.124. The molecular formula is C14H23N3O. The summed E-state index contributed by atoms with van der Waals surface area (Å²) in [6.07, 6.45) is 0.691. The monoisotopic (exact) mass is 249 g/mol. The normalized spacial score (nSPS) is 12.0. The molecule has 4 heteroatoms. The molecule has 1 atom stereocenters. The fraction of sp³-hybridized carbons (Fsp3) is 0.500. The van der Waals surface area contributed by atoms with E-state index in [1.54, 1.807) is 0 Å². The second-order valence-electron chi connectivity index (χ2n) is 4.59. The number of carbonyl (C=O) groups is 1. The first-order chi connectivity index (χ1) is 8.58. The lowest BCUT2D eigenvalue weighted by atomic mass is 9.98. The van der Waals surface area contributed by atoms with Gasteiger partial charge in [-0.25, -0.2) is 0 Å². The molecule has 0 spiro atoms. The average molecular weight is 249 g/mol. The molecule has 0 fully saturated rings. The molecule has 0 saturated heterocycles. The number of anilines is 1. The van der Waals surface area contributed by atoms with Crippen LogP contribution in [0.3, 0.4) is 0 Å². The van der Waals surface area contributed by atoms with Gasteiger partial charge in [-0.3, -0.25) is 4.79 Å². The lowest BCUT2D eigenvalue weighted by Gasteiger charge is -2.16. The van der Waals surface area contributed by atoms with Gasteiger partial charge in [0.15, 0.2) is 0 Å². The summed E-state index contributed by atoms with van der Waals surface area (Å²) in [6.45, 7) is 2.94. The summed E-state index contributed by atoms with van der Waals surface area (Å²) < 4.78 is 0. The van der Waals surface area contributed by atoms with Crippen molar-refractivity contribution < 1.29 is 4.79 Å². The maximum absolute atomic E-state index is 11.8. The van der Waals surface area contributed by atoms with Gasteiger partial charge in [-0.1, -0.05) is 12.1 Å². The first-order valence-corrected chi connectivity index (χ1v) is 6.32. The molecule has 1 aromatic rings. The van der Waals surface area contributed by atoms with Crippen molar-refractivity contribution in [3.63, 3.8) is 0 Å². The minimum Gasteiger partial charge on any atom is -0.378 e. The molecule has 1 unspecified atom stereocenters. The van der Waals surface area contributed by atoms with Crippen molar-refractivity contribution in [2.24, 2.45) is 11.7 Å². The quantitative estimate of drug-likeness (QED) is 0.791. The molecule has 18 heavy (non-hydrogen) atoms. The average Bonchev–Trinajstić information content (AvgIpc) is 2.36. The number of amides is 1. The predicted octanol–water partition coefficient (Wildman–Crippen LogP) is 1.01. The van der Waals surface area contributed by atoms with E-state index in [-0.39, 0.29) is 11.8 Å². The first-order valence-electron chi connectivity index (χ1n) is 6.32. The number of nitrogens with one attached hydrogen (secondary N) is 1. The number of carbonyl (C=O) groups excluding carboxylic acids is 1. The summed E-state index contributed by atoms with van der Waals surface area (Å²) >= 11 is 0. The maximum atomic E-state index is 11.8. The van der Waals surface area contributed by atoms with Gasteiger partial charge in [-0.15, -0.1) is 0 Å². The van der Waals surface area contributed by atoms with Gasteiger partial charge in [-0.05, 0) is 31.0 Å². The summed E-state index contributed by atoms with van der Waals surface area (Å²) in [4.78, 5) is 13.8. The van der Waals surface area contributed by atoms with E-state index >= 15 is 0 Å². The molecule has 0 aliphatic rings. The Morgan fingerprint density at radius 3 is 2.39 bits per heavy atom. The van der Waals surface area contributed by atoms with Crippen LogP contribution in [0.5, 0.6) is 0 Å². The molecule has 0 bridgehead atoms. The Morgan fingerprint density at radius 2 is 1.94 bits per heavy atom. The number of nitrogens with two attached hydrogens (primary N) is 1. The van der Waals surface area contributed by atoms with E-state index in [9.17, 15) is 4.79 Å². The number of benzene rings is 1. The van der Waals surface area contributed by atoms with Gasteiger partial charge in [-0.2, -0.15) is 0 Å². The fourth-order valence-electron chi connectivity index (χ4n) is 1.82. The molecule has 0 aromatic heterocycles. The number of nitrogens with zero attached hydrogens (tertiary/aromatic N) is 1. The molecule has 0 saturated carbocycles. The van der Waals surface area contributed by atoms with Crippen LogP contribution in [0.25, 0.3) is 0 Å². The Kier molecular flexibility index (Phi) is 5.65. The van der Waals surface area contributed by atoms with Crippen LogP contribution in [-0.4, -0.2) is 33.1 Å². The van der Waals surface area contributed by atoms with Gasteiger partial charge >= 0.3 is 0 Å². The van der Waals surface area contributed by atoms with Gasteiger partial charge in [0, 0.05) is 32.9 Å². The van der Waals surface area contributed by atoms with Gasteiger partial charge < -0.3 is 16.0 Å². The second kappa shape index (κ2) is 7.01. The molecule has 1 aromatic carbocycles. The van der Waals surface area contributed by atoms with E-state index in [0.717, 1.165) is 11.3 Å². The minimum absolute atomic E-state index is 0.0386. The van der Waals surface area contributed by atoms with Crippen LogP contribution in [-0.2, 0) is 11.2 Å². The third-order valence-corrected chi connectivity index (χ3v) is 2.94. The maximum Gasteiger partial charge on any atom is 0.224 e. The highest BCUT2D eigenvalue weighted by molar-refractivity contribution is 5.79. The van der Waals surface area contributed by atoms with E-state index in [0.29, 0.717) is 19.5 Å². The molecule has 4 nitrogen and oxygen atoms in total. The third kappa shape index (κ3) is 4.04. The highest BCUT2D eigenvalue weighted by Crippen LogP contribution is 2.15. The first kappa shape index (κ1) is 14.5. The van der Waals surface area contributed by atoms with Crippen molar-refractivity contribution in [1.82, 2.24) is 5.32 Å². The van der Waals surface area contributed by atoms with Crippen molar-refractivity contribution in [3.8, 4) is 0 Å². The second-order valence-corrected chi connectivity index (χ2v) is 4.59. The van der Waals surface area contributed by atoms with Crippen LogP contribution in [0.1, 0.15) is 12.5 Å². The van der Waals surface area contributed by atoms with Crippen LogP contribution in [0.15, 0.2) is 24.3 Å². The summed E-state index contributed by atoms with van der Waals surface area (Å²) in [7, 11) is 4.01. The van der Waals surface area contributed by atoms with Crippen LogP contribution in [0, 0.1) is 5.92 Å². The fourth-order valence-corrected chi connectivity index (χ4v) is 1.82. The Morgan fingerprint density at radius 1 is 1.33 bits per heavy atom. The molecule has 0 aliphatic carbocycles. The van der Waals surface area contributed by atoms with Crippen molar-refractivity contribution in [2.75, 3.05) is 32.1 Å². The lowest BCUT2D eigenvalue weighted by Crippen LogP contribution is -2.36. The molecule has 0 aliphatic heterocycles. The van der Waals surface area contributed by atoms with E-state index < -0.39 is 0 Å².